The lowest BCUT2D eigenvalue weighted by molar-refractivity contribution is 0.280. The molecule has 18 heavy (non-hydrogen) atoms. The minimum Gasteiger partial charge on any atom is -0.456 e. The summed E-state index contributed by atoms with van der Waals surface area (Å²) in [6.45, 7) is 2.34. The molecule has 2 unspecified atom stereocenters. The summed E-state index contributed by atoms with van der Waals surface area (Å²) in [6, 6.07) is 14.9. The predicted octanol–water partition coefficient (Wildman–Crippen LogP) is 5.10. The fourth-order valence-corrected chi connectivity index (χ4v) is 3.19. The van der Waals surface area contributed by atoms with Crippen LogP contribution in [0.25, 0.3) is 21.9 Å². The highest BCUT2D eigenvalue weighted by atomic mass is 16.3. The van der Waals surface area contributed by atoms with Gasteiger partial charge in [-0.15, -0.1) is 0 Å². The second kappa shape index (κ2) is 3.61. The van der Waals surface area contributed by atoms with Gasteiger partial charge in [0.2, 0.25) is 0 Å². The molecule has 1 fully saturated rings. The Morgan fingerprint density at radius 3 is 2.56 bits per heavy atom. The molecule has 1 heterocycles. The van der Waals surface area contributed by atoms with Gasteiger partial charge in [-0.1, -0.05) is 43.3 Å². The fraction of sp³-hybridized carbons (Fsp3) is 0.294. The number of fused-ring (bicyclic) bond motifs is 3. The van der Waals surface area contributed by atoms with Crippen LogP contribution >= 0.6 is 0 Å². The molecule has 1 nitrogen and oxygen atoms in total. The minimum absolute atomic E-state index is 0.689. The van der Waals surface area contributed by atoms with E-state index in [9.17, 15) is 0 Å². The van der Waals surface area contributed by atoms with Gasteiger partial charge in [0.05, 0.1) is 0 Å². The summed E-state index contributed by atoms with van der Waals surface area (Å²) in [6.07, 6.45) is 2.65. The third-order valence-electron chi connectivity index (χ3n) is 4.45. The Labute approximate surface area is 106 Å². The maximum Gasteiger partial charge on any atom is 0.138 e. The van der Waals surface area contributed by atoms with Gasteiger partial charge < -0.3 is 4.42 Å². The zero-order chi connectivity index (χ0) is 12.1. The highest BCUT2D eigenvalue weighted by Gasteiger charge is 2.30. The van der Waals surface area contributed by atoms with E-state index in [4.69, 9.17) is 4.42 Å². The van der Waals surface area contributed by atoms with Crippen LogP contribution in [-0.2, 0) is 0 Å². The molecular weight excluding hydrogens is 220 g/mol. The van der Waals surface area contributed by atoms with Gasteiger partial charge in [0, 0.05) is 10.8 Å². The molecule has 0 bridgehead atoms. The van der Waals surface area contributed by atoms with Crippen LogP contribution in [-0.4, -0.2) is 0 Å². The van der Waals surface area contributed by atoms with Crippen LogP contribution in [0.2, 0.25) is 0 Å². The molecule has 1 heteroatoms. The van der Waals surface area contributed by atoms with Crippen molar-refractivity contribution < 1.29 is 4.42 Å². The molecule has 3 aromatic rings. The molecular formula is C17H16O. The van der Waals surface area contributed by atoms with E-state index in [1.807, 2.05) is 6.07 Å². The highest BCUT2D eigenvalue weighted by molar-refractivity contribution is 6.05. The maximum atomic E-state index is 6.09. The van der Waals surface area contributed by atoms with Crippen molar-refractivity contribution in [2.24, 2.45) is 5.92 Å². The van der Waals surface area contributed by atoms with Gasteiger partial charge in [0.1, 0.15) is 11.2 Å². The molecule has 0 N–H and O–H groups in total. The van der Waals surface area contributed by atoms with E-state index < -0.39 is 0 Å². The van der Waals surface area contributed by atoms with Crippen molar-refractivity contribution >= 4 is 21.9 Å². The first kappa shape index (κ1) is 10.2. The average molecular weight is 236 g/mol. The third-order valence-corrected chi connectivity index (χ3v) is 4.45. The van der Waals surface area contributed by atoms with Crippen molar-refractivity contribution in [3.8, 4) is 0 Å². The van der Waals surface area contributed by atoms with Crippen molar-refractivity contribution in [1.82, 2.24) is 0 Å². The quantitative estimate of drug-likeness (QED) is 0.573. The smallest absolute Gasteiger partial charge is 0.138 e. The van der Waals surface area contributed by atoms with Crippen LogP contribution in [0.5, 0.6) is 0 Å². The normalized spacial score (nSPS) is 23.4. The number of para-hydroxylation sites is 2. The fourth-order valence-electron chi connectivity index (χ4n) is 3.19. The van der Waals surface area contributed by atoms with Gasteiger partial charge in [0.25, 0.3) is 0 Å². The Morgan fingerprint density at radius 1 is 0.944 bits per heavy atom. The van der Waals surface area contributed by atoms with Gasteiger partial charge in [-0.3, -0.25) is 0 Å². The van der Waals surface area contributed by atoms with E-state index in [2.05, 4.69) is 43.3 Å². The Kier molecular flexibility index (Phi) is 2.05. The molecule has 0 spiro atoms. The minimum atomic E-state index is 0.689. The lowest BCUT2D eigenvalue weighted by Gasteiger charge is -2.34. The Balaban J connectivity index is 2.04. The molecule has 0 radical (unpaired) electrons. The Bertz CT molecular complexity index is 723. The summed E-state index contributed by atoms with van der Waals surface area (Å²) in [5, 5.41) is 2.50. The first-order valence-electron chi connectivity index (χ1n) is 6.75. The van der Waals surface area contributed by atoms with Gasteiger partial charge >= 0.3 is 0 Å². The van der Waals surface area contributed by atoms with Crippen molar-refractivity contribution in [3.63, 3.8) is 0 Å². The van der Waals surface area contributed by atoms with E-state index >= 15 is 0 Å². The van der Waals surface area contributed by atoms with Crippen LogP contribution in [0.4, 0.5) is 0 Å². The molecule has 1 aliphatic carbocycles. The number of furan rings is 1. The molecule has 0 amide bonds. The molecule has 0 saturated heterocycles. The monoisotopic (exact) mass is 236 g/mol. The standard InChI is InChI=1S/C17H16O/c1-11-9-10-12(11)14-6-4-7-15-13-5-2-3-8-16(13)18-17(14)15/h2-8,11-12H,9-10H2,1H3. The SMILES string of the molecule is CC1CCC1c1cccc2c1oc1ccccc12. The van der Waals surface area contributed by atoms with E-state index in [0.29, 0.717) is 5.92 Å². The second-order valence-corrected chi connectivity index (χ2v) is 5.48. The molecule has 4 rings (SSSR count). The number of benzene rings is 2. The third kappa shape index (κ3) is 1.28. The summed E-state index contributed by atoms with van der Waals surface area (Å²) < 4.78 is 6.09. The molecule has 2 aromatic carbocycles. The molecule has 1 saturated carbocycles. The predicted molar refractivity (Wildman–Crippen MR) is 74.9 cm³/mol. The van der Waals surface area contributed by atoms with Crippen LogP contribution < -0.4 is 0 Å². The van der Waals surface area contributed by atoms with E-state index in [1.54, 1.807) is 0 Å². The first-order valence-corrected chi connectivity index (χ1v) is 6.75. The maximum absolute atomic E-state index is 6.09. The Hall–Kier alpha value is -1.76. The second-order valence-electron chi connectivity index (χ2n) is 5.48. The van der Waals surface area contributed by atoms with Crippen molar-refractivity contribution in [2.45, 2.75) is 25.7 Å². The number of hydrogen-bond acceptors (Lipinski definition) is 1. The molecule has 90 valence electrons. The number of hydrogen-bond donors (Lipinski definition) is 0. The van der Waals surface area contributed by atoms with Crippen LogP contribution in [0.3, 0.4) is 0 Å². The Morgan fingerprint density at radius 2 is 1.78 bits per heavy atom. The van der Waals surface area contributed by atoms with Crippen molar-refractivity contribution in [3.05, 3.63) is 48.0 Å². The van der Waals surface area contributed by atoms with E-state index in [-0.39, 0.29) is 0 Å². The lowest BCUT2D eigenvalue weighted by atomic mass is 9.71. The highest BCUT2D eigenvalue weighted by Crippen LogP contribution is 2.45. The molecule has 2 atom stereocenters. The van der Waals surface area contributed by atoms with Crippen molar-refractivity contribution in [1.29, 1.82) is 0 Å². The molecule has 0 aliphatic heterocycles. The molecule has 1 aliphatic rings. The number of rotatable bonds is 1. The van der Waals surface area contributed by atoms with Crippen LogP contribution in [0, 0.1) is 5.92 Å². The van der Waals surface area contributed by atoms with Crippen molar-refractivity contribution in [2.75, 3.05) is 0 Å². The average Bonchev–Trinajstić information content (AvgIpc) is 2.77. The van der Waals surface area contributed by atoms with Gasteiger partial charge in [0.15, 0.2) is 0 Å². The molecule has 1 aromatic heterocycles. The van der Waals surface area contributed by atoms with Gasteiger partial charge in [-0.25, -0.2) is 0 Å². The summed E-state index contributed by atoms with van der Waals surface area (Å²) in [7, 11) is 0. The summed E-state index contributed by atoms with van der Waals surface area (Å²) in [4.78, 5) is 0. The largest absolute Gasteiger partial charge is 0.456 e. The lowest BCUT2D eigenvalue weighted by Crippen LogP contribution is -2.20. The summed E-state index contributed by atoms with van der Waals surface area (Å²) in [5.41, 5.74) is 3.52. The van der Waals surface area contributed by atoms with Gasteiger partial charge in [-0.05, 0) is 36.3 Å². The summed E-state index contributed by atoms with van der Waals surface area (Å²) in [5.74, 6) is 1.48. The topological polar surface area (TPSA) is 13.1 Å². The van der Waals surface area contributed by atoms with Crippen LogP contribution in [0.1, 0.15) is 31.2 Å². The first-order chi connectivity index (χ1) is 8.84. The van der Waals surface area contributed by atoms with Crippen LogP contribution in [0.15, 0.2) is 46.9 Å². The van der Waals surface area contributed by atoms with E-state index in [1.165, 1.54) is 29.2 Å². The van der Waals surface area contributed by atoms with E-state index in [0.717, 1.165) is 17.1 Å². The zero-order valence-electron chi connectivity index (χ0n) is 10.5. The van der Waals surface area contributed by atoms with Gasteiger partial charge in [-0.2, -0.15) is 0 Å². The summed E-state index contributed by atoms with van der Waals surface area (Å²) >= 11 is 0. The zero-order valence-corrected chi connectivity index (χ0v) is 10.5.